The second kappa shape index (κ2) is 4.97. The molecule has 0 aromatic carbocycles. The number of carbonyl (C=O) groups excluding carboxylic acids is 1. The van der Waals surface area contributed by atoms with E-state index in [0.29, 0.717) is 24.7 Å². The molecule has 2 heterocycles. The Bertz CT molecular complexity index is 423. The number of amides is 1. The number of β-amino-alcohol motifs (C(OH)–C–C–N with tert-alkyl or cyclic N) is 1. The van der Waals surface area contributed by atoms with Gasteiger partial charge in [0.25, 0.3) is 11.8 Å². The Morgan fingerprint density at radius 2 is 2.39 bits per heavy atom. The van der Waals surface area contributed by atoms with Gasteiger partial charge in [-0.3, -0.25) is 4.79 Å². The van der Waals surface area contributed by atoms with Crippen LogP contribution in [0.25, 0.3) is 0 Å². The summed E-state index contributed by atoms with van der Waals surface area (Å²) in [6, 6.07) is 1.62. The molecule has 6 heteroatoms. The molecule has 0 atom stereocenters. The van der Waals surface area contributed by atoms with E-state index < -0.39 is 5.60 Å². The van der Waals surface area contributed by atoms with Gasteiger partial charge in [-0.1, -0.05) is 13.3 Å². The number of rotatable bonds is 5. The van der Waals surface area contributed by atoms with E-state index in [4.69, 9.17) is 9.26 Å². The van der Waals surface area contributed by atoms with E-state index in [2.05, 4.69) is 5.16 Å². The molecule has 0 aliphatic carbocycles. The molecule has 1 aliphatic heterocycles. The van der Waals surface area contributed by atoms with Gasteiger partial charge in [-0.05, 0) is 18.5 Å². The monoisotopic (exact) mass is 254 g/mol. The summed E-state index contributed by atoms with van der Waals surface area (Å²) >= 11 is 0. The van der Waals surface area contributed by atoms with Gasteiger partial charge in [-0.15, -0.1) is 0 Å². The lowest BCUT2D eigenvalue weighted by Crippen LogP contribution is -2.64. The van der Waals surface area contributed by atoms with Gasteiger partial charge in [-0.2, -0.15) is 0 Å². The summed E-state index contributed by atoms with van der Waals surface area (Å²) < 4.78 is 10.0. The Morgan fingerprint density at radius 1 is 1.67 bits per heavy atom. The minimum absolute atomic E-state index is 0.0752. The van der Waals surface area contributed by atoms with Crippen molar-refractivity contribution in [3.8, 4) is 5.88 Å². The topological polar surface area (TPSA) is 75.8 Å². The molecule has 0 saturated carbocycles. The van der Waals surface area contributed by atoms with Crippen molar-refractivity contribution in [2.24, 2.45) is 0 Å². The van der Waals surface area contributed by atoms with Crippen molar-refractivity contribution in [1.29, 1.82) is 0 Å². The number of aliphatic hydroxyl groups is 1. The zero-order chi connectivity index (χ0) is 13.2. The number of nitrogens with zero attached hydrogens (tertiary/aromatic N) is 2. The van der Waals surface area contributed by atoms with Gasteiger partial charge in [0.15, 0.2) is 6.61 Å². The Kier molecular flexibility index (Phi) is 3.56. The third-order valence-electron chi connectivity index (χ3n) is 2.99. The van der Waals surface area contributed by atoms with Crippen molar-refractivity contribution in [2.75, 3.05) is 19.7 Å². The van der Waals surface area contributed by atoms with Crippen LogP contribution in [0.3, 0.4) is 0 Å². The molecule has 0 spiro atoms. The second-order valence-corrected chi connectivity index (χ2v) is 4.79. The van der Waals surface area contributed by atoms with Crippen LogP contribution in [0.2, 0.25) is 0 Å². The zero-order valence-corrected chi connectivity index (χ0v) is 10.7. The highest BCUT2D eigenvalue weighted by Gasteiger charge is 2.42. The Balaban J connectivity index is 1.74. The summed E-state index contributed by atoms with van der Waals surface area (Å²) in [6.07, 6.45) is 1.63. The molecular formula is C12H18N2O4. The molecule has 1 aliphatic rings. The number of aryl methyl sites for hydroxylation is 1. The summed E-state index contributed by atoms with van der Waals surface area (Å²) in [5.74, 6) is 0.806. The average Bonchev–Trinajstić information content (AvgIpc) is 2.69. The van der Waals surface area contributed by atoms with Gasteiger partial charge in [0, 0.05) is 6.07 Å². The summed E-state index contributed by atoms with van der Waals surface area (Å²) in [5, 5.41) is 13.6. The first-order valence-electron chi connectivity index (χ1n) is 6.09. The summed E-state index contributed by atoms with van der Waals surface area (Å²) in [4.78, 5) is 13.3. The quantitative estimate of drug-likeness (QED) is 0.838. The molecule has 0 unspecified atom stereocenters. The largest absolute Gasteiger partial charge is 0.465 e. The molecule has 0 radical (unpaired) electrons. The van der Waals surface area contributed by atoms with Crippen LogP contribution < -0.4 is 4.74 Å². The summed E-state index contributed by atoms with van der Waals surface area (Å²) in [6.45, 7) is 4.47. The SMILES string of the molecule is CCCC1(O)CN(C(=O)COc2cc(C)on2)C1. The van der Waals surface area contributed by atoms with Gasteiger partial charge in [0.1, 0.15) is 5.76 Å². The predicted molar refractivity (Wildman–Crippen MR) is 63.2 cm³/mol. The maximum atomic E-state index is 11.7. The highest BCUT2D eigenvalue weighted by molar-refractivity contribution is 5.78. The van der Waals surface area contributed by atoms with E-state index in [9.17, 15) is 9.90 Å². The van der Waals surface area contributed by atoms with Crippen molar-refractivity contribution in [3.05, 3.63) is 11.8 Å². The fourth-order valence-electron chi connectivity index (χ4n) is 2.10. The standard InChI is InChI=1S/C12H18N2O4/c1-3-4-12(16)7-14(8-12)11(15)6-17-10-5-9(2)18-13-10/h5,16H,3-4,6-8H2,1-2H3. The Hall–Kier alpha value is -1.56. The van der Waals surface area contributed by atoms with E-state index in [-0.39, 0.29) is 12.5 Å². The fraction of sp³-hybridized carbons (Fsp3) is 0.667. The molecule has 1 aromatic heterocycles. The van der Waals surface area contributed by atoms with E-state index in [0.717, 1.165) is 12.8 Å². The molecule has 6 nitrogen and oxygen atoms in total. The molecule has 1 aromatic rings. The maximum absolute atomic E-state index is 11.7. The van der Waals surface area contributed by atoms with E-state index in [1.165, 1.54) is 0 Å². The van der Waals surface area contributed by atoms with Crippen LogP contribution in [0.1, 0.15) is 25.5 Å². The number of ether oxygens (including phenoxy) is 1. The van der Waals surface area contributed by atoms with Crippen LogP contribution in [0.15, 0.2) is 10.6 Å². The van der Waals surface area contributed by atoms with Crippen molar-refractivity contribution in [2.45, 2.75) is 32.3 Å². The van der Waals surface area contributed by atoms with Gasteiger partial charge in [0.05, 0.1) is 18.7 Å². The number of likely N-dealkylation sites (tertiary alicyclic amines) is 1. The average molecular weight is 254 g/mol. The highest BCUT2D eigenvalue weighted by Crippen LogP contribution is 2.25. The van der Waals surface area contributed by atoms with Crippen molar-refractivity contribution >= 4 is 5.91 Å². The normalized spacial score (nSPS) is 17.4. The number of aromatic nitrogens is 1. The zero-order valence-electron chi connectivity index (χ0n) is 10.7. The van der Waals surface area contributed by atoms with Crippen LogP contribution in [0.5, 0.6) is 5.88 Å². The van der Waals surface area contributed by atoms with Crippen LogP contribution in [0.4, 0.5) is 0 Å². The van der Waals surface area contributed by atoms with Crippen LogP contribution in [0, 0.1) is 6.92 Å². The Morgan fingerprint density at radius 3 is 2.94 bits per heavy atom. The first kappa shape index (κ1) is 12.9. The lowest BCUT2D eigenvalue weighted by molar-refractivity contribution is -0.158. The smallest absolute Gasteiger partial charge is 0.260 e. The molecule has 1 N–H and O–H groups in total. The van der Waals surface area contributed by atoms with Crippen molar-refractivity contribution in [1.82, 2.24) is 10.1 Å². The fourth-order valence-corrected chi connectivity index (χ4v) is 2.10. The summed E-state index contributed by atoms with van der Waals surface area (Å²) in [7, 11) is 0. The first-order chi connectivity index (χ1) is 8.52. The molecule has 1 saturated heterocycles. The lowest BCUT2D eigenvalue weighted by Gasteiger charge is -2.46. The van der Waals surface area contributed by atoms with Crippen LogP contribution in [-0.4, -0.2) is 46.4 Å². The molecule has 0 bridgehead atoms. The van der Waals surface area contributed by atoms with E-state index >= 15 is 0 Å². The molecule has 1 amide bonds. The van der Waals surface area contributed by atoms with E-state index in [1.54, 1.807) is 17.9 Å². The third kappa shape index (κ3) is 2.81. The number of carbonyl (C=O) groups is 1. The lowest BCUT2D eigenvalue weighted by atomic mass is 9.89. The minimum atomic E-state index is -0.700. The molecular weight excluding hydrogens is 236 g/mol. The van der Waals surface area contributed by atoms with Gasteiger partial charge < -0.3 is 19.3 Å². The number of hydrogen-bond donors (Lipinski definition) is 1. The van der Waals surface area contributed by atoms with E-state index in [1.807, 2.05) is 6.92 Å². The molecule has 100 valence electrons. The summed E-state index contributed by atoms with van der Waals surface area (Å²) in [5.41, 5.74) is -0.700. The van der Waals surface area contributed by atoms with Crippen molar-refractivity contribution in [3.63, 3.8) is 0 Å². The van der Waals surface area contributed by atoms with Gasteiger partial charge in [0.2, 0.25) is 0 Å². The highest BCUT2D eigenvalue weighted by atomic mass is 16.5. The third-order valence-corrected chi connectivity index (χ3v) is 2.99. The Labute approximate surface area is 106 Å². The van der Waals surface area contributed by atoms with Crippen LogP contribution >= 0.6 is 0 Å². The second-order valence-electron chi connectivity index (χ2n) is 4.79. The minimum Gasteiger partial charge on any atom is -0.465 e. The predicted octanol–water partition coefficient (Wildman–Crippen LogP) is 0.735. The molecule has 18 heavy (non-hydrogen) atoms. The number of hydrogen-bond acceptors (Lipinski definition) is 5. The van der Waals surface area contributed by atoms with Crippen LogP contribution in [-0.2, 0) is 4.79 Å². The first-order valence-corrected chi connectivity index (χ1v) is 6.09. The molecule has 1 fully saturated rings. The maximum Gasteiger partial charge on any atom is 0.260 e. The van der Waals surface area contributed by atoms with Crippen molar-refractivity contribution < 1.29 is 19.2 Å². The molecule has 2 rings (SSSR count). The van der Waals surface area contributed by atoms with Gasteiger partial charge >= 0.3 is 0 Å². The van der Waals surface area contributed by atoms with Gasteiger partial charge in [-0.25, -0.2) is 0 Å².